The monoisotopic (exact) mass is 335 g/mol. The van der Waals surface area contributed by atoms with E-state index in [1.54, 1.807) is 18.9 Å². The van der Waals surface area contributed by atoms with Crippen LogP contribution in [0.2, 0.25) is 0 Å². The summed E-state index contributed by atoms with van der Waals surface area (Å²) in [5.74, 6) is -0.431. The molecule has 0 spiro atoms. The molecule has 0 aliphatic carbocycles. The van der Waals surface area contributed by atoms with Gasteiger partial charge >= 0.3 is 0 Å². The third-order valence-electron chi connectivity index (χ3n) is 3.10. The first-order chi connectivity index (χ1) is 9.47. The number of aryl methyl sites for hydroxylation is 1. The molecule has 0 aromatic heterocycles. The van der Waals surface area contributed by atoms with Gasteiger partial charge in [0.2, 0.25) is 0 Å². The van der Waals surface area contributed by atoms with E-state index in [-0.39, 0.29) is 11.7 Å². The summed E-state index contributed by atoms with van der Waals surface area (Å²) in [6.45, 7) is 2.26. The van der Waals surface area contributed by atoms with E-state index in [2.05, 4.69) is 15.9 Å². The van der Waals surface area contributed by atoms with E-state index in [0.29, 0.717) is 17.7 Å². The lowest BCUT2D eigenvalue weighted by Gasteiger charge is -2.18. The number of hydrogen-bond donors (Lipinski definition) is 0. The fourth-order valence-corrected chi connectivity index (χ4v) is 2.27. The summed E-state index contributed by atoms with van der Waals surface area (Å²) in [6.07, 6.45) is 0. The topological polar surface area (TPSA) is 20.3 Å². The van der Waals surface area contributed by atoms with Crippen LogP contribution < -0.4 is 0 Å². The molecule has 2 nitrogen and oxygen atoms in total. The molecule has 0 saturated heterocycles. The predicted molar refractivity (Wildman–Crippen MR) is 81.1 cm³/mol. The second-order valence-electron chi connectivity index (χ2n) is 4.75. The van der Waals surface area contributed by atoms with Gasteiger partial charge in [0.1, 0.15) is 5.82 Å². The Morgan fingerprint density at radius 3 is 2.45 bits per heavy atom. The number of benzene rings is 2. The molecule has 0 fully saturated rings. The maximum Gasteiger partial charge on any atom is 0.254 e. The molecular weight excluding hydrogens is 321 g/mol. The summed E-state index contributed by atoms with van der Waals surface area (Å²) in [4.78, 5) is 14.0. The minimum Gasteiger partial charge on any atom is -0.337 e. The van der Waals surface area contributed by atoms with Gasteiger partial charge in [0.15, 0.2) is 0 Å². The van der Waals surface area contributed by atoms with Crippen molar-refractivity contribution < 1.29 is 9.18 Å². The van der Waals surface area contributed by atoms with Crippen molar-refractivity contribution in [3.63, 3.8) is 0 Å². The highest BCUT2D eigenvalue weighted by atomic mass is 79.9. The summed E-state index contributed by atoms with van der Waals surface area (Å²) >= 11 is 3.38. The summed E-state index contributed by atoms with van der Waals surface area (Å²) in [5.41, 5.74) is 2.23. The Labute approximate surface area is 126 Å². The van der Waals surface area contributed by atoms with Gasteiger partial charge in [-0.15, -0.1) is 0 Å². The van der Waals surface area contributed by atoms with Crippen LogP contribution in [-0.2, 0) is 6.54 Å². The van der Waals surface area contributed by atoms with Crippen molar-refractivity contribution in [1.82, 2.24) is 4.90 Å². The van der Waals surface area contributed by atoms with E-state index in [9.17, 15) is 9.18 Å². The van der Waals surface area contributed by atoms with Gasteiger partial charge in [-0.3, -0.25) is 4.79 Å². The van der Waals surface area contributed by atoms with E-state index in [1.165, 1.54) is 18.2 Å². The van der Waals surface area contributed by atoms with Crippen LogP contribution in [0, 0.1) is 12.7 Å². The first-order valence-electron chi connectivity index (χ1n) is 6.23. The Morgan fingerprint density at radius 1 is 1.20 bits per heavy atom. The molecule has 0 unspecified atom stereocenters. The summed E-state index contributed by atoms with van der Waals surface area (Å²) in [6, 6.07) is 12.0. The molecule has 104 valence electrons. The SMILES string of the molecule is Cc1cc(F)ccc1C(=O)N(C)Cc1ccc(Br)cc1. The van der Waals surface area contributed by atoms with Crippen molar-refractivity contribution in [1.29, 1.82) is 0 Å². The van der Waals surface area contributed by atoms with Crippen molar-refractivity contribution in [2.24, 2.45) is 0 Å². The van der Waals surface area contributed by atoms with Gasteiger partial charge in [-0.25, -0.2) is 4.39 Å². The van der Waals surface area contributed by atoms with Crippen molar-refractivity contribution in [2.75, 3.05) is 7.05 Å². The molecule has 2 rings (SSSR count). The van der Waals surface area contributed by atoms with Gasteiger partial charge in [-0.2, -0.15) is 0 Å². The highest BCUT2D eigenvalue weighted by Gasteiger charge is 2.14. The molecule has 0 N–H and O–H groups in total. The van der Waals surface area contributed by atoms with Crippen LogP contribution in [0.4, 0.5) is 4.39 Å². The summed E-state index contributed by atoms with van der Waals surface area (Å²) in [5, 5.41) is 0. The molecule has 0 bridgehead atoms. The third kappa shape index (κ3) is 3.45. The average Bonchev–Trinajstić information content (AvgIpc) is 2.40. The normalized spacial score (nSPS) is 10.4. The lowest BCUT2D eigenvalue weighted by atomic mass is 10.1. The lowest BCUT2D eigenvalue weighted by molar-refractivity contribution is 0.0784. The van der Waals surface area contributed by atoms with Crippen molar-refractivity contribution >= 4 is 21.8 Å². The van der Waals surface area contributed by atoms with Crippen molar-refractivity contribution in [2.45, 2.75) is 13.5 Å². The molecule has 2 aromatic rings. The number of carbonyl (C=O) groups excluding carboxylic acids is 1. The highest BCUT2D eigenvalue weighted by Crippen LogP contribution is 2.15. The van der Waals surface area contributed by atoms with Gasteiger partial charge in [-0.1, -0.05) is 28.1 Å². The minimum absolute atomic E-state index is 0.106. The van der Waals surface area contributed by atoms with E-state index in [4.69, 9.17) is 0 Å². The van der Waals surface area contributed by atoms with Crippen LogP contribution >= 0.6 is 15.9 Å². The molecule has 0 saturated carbocycles. The van der Waals surface area contributed by atoms with Crippen molar-refractivity contribution in [3.05, 3.63) is 69.4 Å². The Kier molecular flexibility index (Phi) is 4.55. The first kappa shape index (κ1) is 14.7. The average molecular weight is 336 g/mol. The summed E-state index contributed by atoms with van der Waals surface area (Å²) < 4.78 is 14.1. The Morgan fingerprint density at radius 2 is 1.85 bits per heavy atom. The van der Waals surface area contributed by atoms with Gasteiger partial charge in [0.05, 0.1) is 0 Å². The van der Waals surface area contributed by atoms with E-state index < -0.39 is 0 Å². The summed E-state index contributed by atoms with van der Waals surface area (Å²) in [7, 11) is 1.74. The second-order valence-corrected chi connectivity index (χ2v) is 5.66. The highest BCUT2D eigenvalue weighted by molar-refractivity contribution is 9.10. The van der Waals surface area contributed by atoms with E-state index >= 15 is 0 Å². The minimum atomic E-state index is -0.324. The molecule has 0 radical (unpaired) electrons. The van der Waals surface area contributed by atoms with Crippen molar-refractivity contribution in [3.8, 4) is 0 Å². The fraction of sp³-hybridized carbons (Fsp3) is 0.188. The number of nitrogens with zero attached hydrogens (tertiary/aromatic N) is 1. The zero-order valence-electron chi connectivity index (χ0n) is 11.4. The van der Waals surface area contributed by atoms with Crippen LogP contribution in [0.1, 0.15) is 21.5 Å². The fourth-order valence-electron chi connectivity index (χ4n) is 2.01. The maximum absolute atomic E-state index is 13.1. The Hall–Kier alpha value is -1.68. The van der Waals surface area contributed by atoms with Gasteiger partial charge in [0, 0.05) is 23.6 Å². The zero-order chi connectivity index (χ0) is 14.7. The largest absolute Gasteiger partial charge is 0.337 e. The number of rotatable bonds is 3. The Balaban J connectivity index is 2.14. The smallest absolute Gasteiger partial charge is 0.254 e. The number of carbonyl (C=O) groups is 1. The van der Waals surface area contributed by atoms with Gasteiger partial charge < -0.3 is 4.90 Å². The van der Waals surface area contributed by atoms with Gasteiger partial charge in [-0.05, 0) is 48.4 Å². The molecular formula is C16H15BrFNO. The van der Waals surface area contributed by atoms with Crippen LogP contribution in [-0.4, -0.2) is 17.9 Å². The predicted octanol–water partition coefficient (Wildman–Crippen LogP) is 4.17. The van der Waals surface area contributed by atoms with Crippen LogP contribution in [0.3, 0.4) is 0 Å². The van der Waals surface area contributed by atoms with Gasteiger partial charge in [0.25, 0.3) is 5.91 Å². The molecule has 0 aliphatic rings. The molecule has 20 heavy (non-hydrogen) atoms. The number of halogens is 2. The van der Waals surface area contributed by atoms with E-state index in [1.807, 2.05) is 24.3 Å². The third-order valence-corrected chi connectivity index (χ3v) is 3.63. The molecule has 0 aliphatic heterocycles. The maximum atomic E-state index is 13.1. The molecule has 0 heterocycles. The molecule has 4 heteroatoms. The van der Waals surface area contributed by atoms with Crippen LogP contribution in [0.15, 0.2) is 46.9 Å². The molecule has 0 atom stereocenters. The molecule has 2 aromatic carbocycles. The first-order valence-corrected chi connectivity index (χ1v) is 7.03. The number of amides is 1. The Bertz CT molecular complexity index is 625. The van der Waals surface area contributed by atoms with Crippen LogP contribution in [0.5, 0.6) is 0 Å². The second kappa shape index (κ2) is 6.18. The van der Waals surface area contributed by atoms with Crippen LogP contribution in [0.25, 0.3) is 0 Å². The number of hydrogen-bond acceptors (Lipinski definition) is 1. The standard InChI is InChI=1S/C16H15BrFNO/c1-11-9-14(18)7-8-15(11)16(20)19(2)10-12-3-5-13(17)6-4-12/h3-9H,10H2,1-2H3. The van der Waals surface area contributed by atoms with E-state index in [0.717, 1.165) is 10.0 Å². The quantitative estimate of drug-likeness (QED) is 0.824. The lowest BCUT2D eigenvalue weighted by Crippen LogP contribution is -2.26. The molecule has 1 amide bonds. The zero-order valence-corrected chi connectivity index (χ0v) is 12.9.